The lowest BCUT2D eigenvalue weighted by atomic mass is 9.85. The highest BCUT2D eigenvalue weighted by molar-refractivity contribution is 5.76. The lowest BCUT2D eigenvalue weighted by Crippen LogP contribution is -2.61. The van der Waals surface area contributed by atoms with E-state index in [4.69, 9.17) is 9.47 Å². The average Bonchev–Trinajstić information content (AvgIpc) is 3.33. The summed E-state index contributed by atoms with van der Waals surface area (Å²) < 4.78 is 12.7. The van der Waals surface area contributed by atoms with E-state index in [0.717, 1.165) is 51.1 Å². The van der Waals surface area contributed by atoms with Gasteiger partial charge in [0.05, 0.1) is 26.4 Å². The highest BCUT2D eigenvalue weighted by Gasteiger charge is 2.47. The van der Waals surface area contributed by atoms with E-state index in [1.54, 1.807) is 7.11 Å². The molecule has 4 rings (SSSR count). The number of benzene rings is 1. The minimum absolute atomic E-state index is 0.217. The van der Waals surface area contributed by atoms with Crippen LogP contribution in [0, 0.1) is 0 Å². The summed E-state index contributed by atoms with van der Waals surface area (Å²) in [5.74, 6) is 1.05. The number of tetrazole rings is 1. The van der Waals surface area contributed by atoms with Gasteiger partial charge in [0.15, 0.2) is 5.82 Å². The molecule has 0 aliphatic carbocycles. The van der Waals surface area contributed by atoms with Crippen LogP contribution < -0.4 is 0 Å². The van der Waals surface area contributed by atoms with E-state index >= 15 is 0 Å². The van der Waals surface area contributed by atoms with E-state index in [9.17, 15) is 4.79 Å². The van der Waals surface area contributed by atoms with Crippen LogP contribution in [-0.4, -0.2) is 89.0 Å². The summed E-state index contributed by atoms with van der Waals surface area (Å²) in [5, 5.41) is 12.7. The SMILES string of the molecule is COCCn1nnnc1C1(N2CCOCC2)CCCN(C(=O)CCCc2ccccc2)C1. The van der Waals surface area contributed by atoms with Crippen molar-refractivity contribution in [1.82, 2.24) is 30.0 Å². The van der Waals surface area contributed by atoms with Gasteiger partial charge in [-0.2, -0.15) is 0 Å². The molecular weight excluding hydrogens is 408 g/mol. The zero-order chi connectivity index (χ0) is 22.2. The molecule has 1 atom stereocenters. The van der Waals surface area contributed by atoms with Gasteiger partial charge in [-0.15, -0.1) is 5.10 Å². The minimum Gasteiger partial charge on any atom is -0.383 e. The largest absolute Gasteiger partial charge is 0.383 e. The molecule has 0 N–H and O–H groups in total. The Hall–Kier alpha value is -2.36. The Labute approximate surface area is 189 Å². The third-order valence-corrected chi connectivity index (χ3v) is 6.59. The van der Waals surface area contributed by atoms with Gasteiger partial charge in [-0.25, -0.2) is 4.68 Å². The molecule has 2 aliphatic rings. The Morgan fingerprint density at radius 1 is 1.19 bits per heavy atom. The summed E-state index contributed by atoms with van der Waals surface area (Å²) in [6.45, 7) is 5.54. The normalized spacial score (nSPS) is 22.2. The second-order valence-corrected chi connectivity index (χ2v) is 8.61. The number of piperidine rings is 1. The number of nitrogens with zero attached hydrogens (tertiary/aromatic N) is 6. The van der Waals surface area contributed by atoms with Crippen molar-refractivity contribution < 1.29 is 14.3 Å². The second kappa shape index (κ2) is 11.0. The number of likely N-dealkylation sites (tertiary alicyclic amines) is 1. The van der Waals surface area contributed by atoms with Gasteiger partial charge in [0.25, 0.3) is 0 Å². The molecule has 2 fully saturated rings. The zero-order valence-corrected chi connectivity index (χ0v) is 19.0. The van der Waals surface area contributed by atoms with Gasteiger partial charge in [0, 0.05) is 39.7 Å². The molecule has 1 aromatic carbocycles. The number of morpholine rings is 1. The van der Waals surface area contributed by atoms with Crippen LogP contribution >= 0.6 is 0 Å². The van der Waals surface area contributed by atoms with Crippen molar-refractivity contribution >= 4 is 5.91 Å². The second-order valence-electron chi connectivity index (χ2n) is 8.61. The molecule has 0 radical (unpaired) electrons. The maximum Gasteiger partial charge on any atom is 0.222 e. The number of aryl methyl sites for hydroxylation is 1. The number of ether oxygens (including phenoxy) is 2. The molecule has 32 heavy (non-hydrogen) atoms. The summed E-state index contributed by atoms with van der Waals surface area (Å²) in [5.41, 5.74) is 0.882. The first-order chi connectivity index (χ1) is 15.7. The molecule has 1 amide bonds. The van der Waals surface area contributed by atoms with Gasteiger partial charge < -0.3 is 14.4 Å². The van der Waals surface area contributed by atoms with Gasteiger partial charge >= 0.3 is 0 Å². The molecule has 0 spiro atoms. The minimum atomic E-state index is -0.394. The van der Waals surface area contributed by atoms with Crippen LogP contribution in [0.15, 0.2) is 30.3 Å². The number of aromatic nitrogens is 4. The molecule has 2 aliphatic heterocycles. The molecule has 174 valence electrons. The molecule has 9 heteroatoms. The molecule has 3 heterocycles. The summed E-state index contributed by atoms with van der Waals surface area (Å²) >= 11 is 0. The number of hydrogen-bond acceptors (Lipinski definition) is 7. The standard InChI is InChI=1S/C23H34N6O3/c1-31-16-15-29-22(24-25-26-29)23(28-13-17-32-18-14-28)11-6-12-27(19-23)21(30)10-5-9-20-7-3-2-4-8-20/h2-4,7-8H,5-6,9-19H2,1H3. The highest BCUT2D eigenvalue weighted by atomic mass is 16.5. The molecule has 0 saturated carbocycles. The summed E-state index contributed by atoms with van der Waals surface area (Å²) in [7, 11) is 1.68. The van der Waals surface area contributed by atoms with Crippen LogP contribution in [-0.2, 0) is 32.8 Å². The monoisotopic (exact) mass is 442 g/mol. The van der Waals surface area contributed by atoms with Gasteiger partial charge in [-0.05, 0) is 41.7 Å². The van der Waals surface area contributed by atoms with Crippen molar-refractivity contribution in [3.05, 3.63) is 41.7 Å². The Morgan fingerprint density at radius 2 is 2.00 bits per heavy atom. The maximum absolute atomic E-state index is 13.2. The van der Waals surface area contributed by atoms with E-state index in [2.05, 4.69) is 32.6 Å². The van der Waals surface area contributed by atoms with Gasteiger partial charge in [0.2, 0.25) is 5.91 Å². The van der Waals surface area contributed by atoms with Crippen molar-refractivity contribution in [3.8, 4) is 0 Å². The molecule has 1 aromatic heterocycles. The van der Waals surface area contributed by atoms with Crippen LogP contribution in [0.1, 0.15) is 37.1 Å². The van der Waals surface area contributed by atoms with Crippen LogP contribution in [0.5, 0.6) is 0 Å². The van der Waals surface area contributed by atoms with Crippen LogP contribution in [0.3, 0.4) is 0 Å². The Kier molecular flexibility index (Phi) is 7.83. The van der Waals surface area contributed by atoms with E-state index in [-0.39, 0.29) is 5.91 Å². The van der Waals surface area contributed by atoms with Crippen LogP contribution in [0.2, 0.25) is 0 Å². The van der Waals surface area contributed by atoms with E-state index < -0.39 is 5.54 Å². The molecule has 0 bridgehead atoms. The maximum atomic E-state index is 13.2. The first kappa shape index (κ1) is 22.8. The summed E-state index contributed by atoms with van der Waals surface area (Å²) in [6, 6.07) is 10.4. The van der Waals surface area contributed by atoms with Crippen molar-refractivity contribution in [2.24, 2.45) is 0 Å². The molecular formula is C23H34N6O3. The number of rotatable bonds is 9. The van der Waals surface area contributed by atoms with Gasteiger partial charge in [-0.3, -0.25) is 9.69 Å². The predicted molar refractivity (Wildman–Crippen MR) is 119 cm³/mol. The fourth-order valence-corrected chi connectivity index (χ4v) is 4.94. The first-order valence-corrected chi connectivity index (χ1v) is 11.6. The summed E-state index contributed by atoms with van der Waals surface area (Å²) in [6.07, 6.45) is 4.19. The third-order valence-electron chi connectivity index (χ3n) is 6.59. The number of methoxy groups -OCH3 is 1. The molecule has 2 saturated heterocycles. The number of amides is 1. The Balaban J connectivity index is 1.49. The van der Waals surface area contributed by atoms with Crippen LogP contribution in [0.4, 0.5) is 0 Å². The number of carbonyl (C=O) groups excluding carboxylic acids is 1. The van der Waals surface area contributed by atoms with E-state index in [1.807, 2.05) is 27.8 Å². The fourth-order valence-electron chi connectivity index (χ4n) is 4.94. The quantitative estimate of drug-likeness (QED) is 0.582. The predicted octanol–water partition coefficient (Wildman–Crippen LogP) is 1.49. The topological polar surface area (TPSA) is 85.6 Å². The summed E-state index contributed by atoms with van der Waals surface area (Å²) in [4.78, 5) is 17.6. The van der Waals surface area contributed by atoms with E-state index in [0.29, 0.717) is 39.3 Å². The molecule has 1 unspecified atom stereocenters. The number of hydrogen-bond donors (Lipinski definition) is 0. The number of carbonyl (C=O) groups is 1. The first-order valence-electron chi connectivity index (χ1n) is 11.6. The third kappa shape index (κ3) is 5.16. The lowest BCUT2D eigenvalue weighted by Gasteiger charge is -2.49. The lowest BCUT2D eigenvalue weighted by molar-refractivity contribution is -0.138. The Bertz CT molecular complexity index is 854. The van der Waals surface area contributed by atoms with Gasteiger partial charge in [0.1, 0.15) is 5.54 Å². The van der Waals surface area contributed by atoms with Crippen molar-refractivity contribution in [3.63, 3.8) is 0 Å². The van der Waals surface area contributed by atoms with Crippen molar-refractivity contribution in [2.45, 2.75) is 44.2 Å². The highest BCUT2D eigenvalue weighted by Crippen LogP contribution is 2.37. The molecule has 2 aromatic rings. The van der Waals surface area contributed by atoms with Crippen LogP contribution in [0.25, 0.3) is 0 Å². The fraction of sp³-hybridized carbons (Fsp3) is 0.652. The zero-order valence-electron chi connectivity index (χ0n) is 19.0. The van der Waals surface area contributed by atoms with E-state index in [1.165, 1.54) is 5.56 Å². The van der Waals surface area contributed by atoms with Crippen molar-refractivity contribution in [2.75, 3.05) is 53.1 Å². The smallest absolute Gasteiger partial charge is 0.222 e. The average molecular weight is 443 g/mol. The molecule has 9 nitrogen and oxygen atoms in total. The van der Waals surface area contributed by atoms with Crippen molar-refractivity contribution in [1.29, 1.82) is 0 Å². The van der Waals surface area contributed by atoms with Gasteiger partial charge in [-0.1, -0.05) is 30.3 Å². The Morgan fingerprint density at radius 3 is 2.78 bits per heavy atom.